The topological polar surface area (TPSA) is 65.5 Å². The summed E-state index contributed by atoms with van der Waals surface area (Å²) < 4.78 is 11.4. The summed E-state index contributed by atoms with van der Waals surface area (Å²) in [5, 5.41) is 0.517. The van der Waals surface area contributed by atoms with E-state index in [0.29, 0.717) is 22.5 Å². The zero-order chi connectivity index (χ0) is 14.8. The molecule has 0 radical (unpaired) electrons. The summed E-state index contributed by atoms with van der Waals surface area (Å²) in [4.78, 5) is 11.9. The van der Waals surface area contributed by atoms with E-state index >= 15 is 0 Å². The number of nitrogens with two attached hydrogens (primary N) is 1. The fourth-order valence-electron chi connectivity index (χ4n) is 2.16. The molecular weight excluding hydrogens is 266 g/mol. The fraction of sp³-hybridized carbons (Fsp3) is 0.118. The third-order valence-corrected chi connectivity index (χ3v) is 3.18. The molecule has 0 aliphatic rings. The SMILES string of the molecule is Cc1cccc(Oc2ccc3c(=O)cc(CN)oc3c2)c1. The Morgan fingerprint density at radius 2 is 1.90 bits per heavy atom. The van der Waals surface area contributed by atoms with Gasteiger partial charge in [-0.1, -0.05) is 12.1 Å². The Kier molecular flexibility index (Phi) is 3.46. The van der Waals surface area contributed by atoms with E-state index in [1.54, 1.807) is 18.2 Å². The molecular formula is C17H15NO3. The summed E-state index contributed by atoms with van der Waals surface area (Å²) >= 11 is 0. The molecule has 4 heteroatoms. The van der Waals surface area contributed by atoms with Crippen LogP contribution in [0.5, 0.6) is 11.5 Å². The molecule has 21 heavy (non-hydrogen) atoms. The van der Waals surface area contributed by atoms with Crippen LogP contribution in [0.25, 0.3) is 11.0 Å². The van der Waals surface area contributed by atoms with E-state index in [1.807, 2.05) is 31.2 Å². The van der Waals surface area contributed by atoms with Gasteiger partial charge in [0, 0.05) is 12.1 Å². The molecule has 3 rings (SSSR count). The molecule has 0 fully saturated rings. The number of rotatable bonds is 3. The van der Waals surface area contributed by atoms with Gasteiger partial charge >= 0.3 is 0 Å². The lowest BCUT2D eigenvalue weighted by Gasteiger charge is -2.07. The lowest BCUT2D eigenvalue weighted by atomic mass is 10.2. The van der Waals surface area contributed by atoms with Crippen molar-refractivity contribution >= 4 is 11.0 Å². The highest BCUT2D eigenvalue weighted by molar-refractivity contribution is 5.78. The smallest absolute Gasteiger partial charge is 0.193 e. The monoisotopic (exact) mass is 281 g/mol. The molecule has 1 heterocycles. The largest absolute Gasteiger partial charge is 0.459 e. The van der Waals surface area contributed by atoms with Crippen LogP contribution in [-0.2, 0) is 6.54 Å². The van der Waals surface area contributed by atoms with Crippen LogP contribution in [0.1, 0.15) is 11.3 Å². The number of ether oxygens (including phenoxy) is 1. The lowest BCUT2D eigenvalue weighted by Crippen LogP contribution is -2.05. The van der Waals surface area contributed by atoms with Gasteiger partial charge in [-0.25, -0.2) is 0 Å². The minimum Gasteiger partial charge on any atom is -0.459 e. The minimum absolute atomic E-state index is 0.0983. The van der Waals surface area contributed by atoms with Gasteiger partial charge in [-0.05, 0) is 36.8 Å². The van der Waals surface area contributed by atoms with Gasteiger partial charge in [-0.3, -0.25) is 4.79 Å². The lowest BCUT2D eigenvalue weighted by molar-refractivity contribution is 0.479. The van der Waals surface area contributed by atoms with Gasteiger partial charge < -0.3 is 14.9 Å². The van der Waals surface area contributed by atoms with Crippen LogP contribution in [-0.4, -0.2) is 0 Å². The van der Waals surface area contributed by atoms with Crippen LogP contribution in [0.3, 0.4) is 0 Å². The molecule has 106 valence electrons. The number of hydrogen-bond acceptors (Lipinski definition) is 4. The summed E-state index contributed by atoms with van der Waals surface area (Å²) in [6.07, 6.45) is 0. The van der Waals surface area contributed by atoms with Crippen LogP contribution in [0.2, 0.25) is 0 Å². The minimum atomic E-state index is -0.0983. The molecule has 0 saturated heterocycles. The van der Waals surface area contributed by atoms with Crippen molar-refractivity contribution in [1.82, 2.24) is 0 Å². The van der Waals surface area contributed by atoms with Crippen LogP contribution in [0, 0.1) is 6.92 Å². The number of hydrogen-bond donors (Lipinski definition) is 1. The molecule has 0 atom stereocenters. The normalized spacial score (nSPS) is 10.8. The highest BCUT2D eigenvalue weighted by Crippen LogP contribution is 2.25. The van der Waals surface area contributed by atoms with Gasteiger partial charge in [0.15, 0.2) is 5.43 Å². The third-order valence-electron chi connectivity index (χ3n) is 3.18. The first-order valence-corrected chi connectivity index (χ1v) is 6.67. The van der Waals surface area contributed by atoms with Crippen molar-refractivity contribution in [1.29, 1.82) is 0 Å². The molecule has 2 aromatic carbocycles. The molecule has 3 aromatic rings. The van der Waals surface area contributed by atoms with Crippen molar-refractivity contribution < 1.29 is 9.15 Å². The standard InChI is InChI=1S/C17H15NO3/c1-11-3-2-4-12(7-11)20-13-5-6-15-16(19)8-14(10-18)21-17(15)9-13/h2-9H,10,18H2,1H3. The summed E-state index contributed by atoms with van der Waals surface area (Å²) in [5.41, 5.74) is 7.02. The number of benzene rings is 2. The van der Waals surface area contributed by atoms with Crippen molar-refractivity contribution in [3.05, 3.63) is 70.1 Å². The van der Waals surface area contributed by atoms with E-state index in [2.05, 4.69) is 0 Å². The third kappa shape index (κ3) is 2.80. The second kappa shape index (κ2) is 5.42. The summed E-state index contributed by atoms with van der Waals surface area (Å²) in [6, 6.07) is 14.3. The highest BCUT2D eigenvalue weighted by atomic mass is 16.5. The van der Waals surface area contributed by atoms with E-state index in [9.17, 15) is 4.79 Å². The maximum Gasteiger partial charge on any atom is 0.193 e. The van der Waals surface area contributed by atoms with E-state index in [1.165, 1.54) is 6.07 Å². The Morgan fingerprint density at radius 3 is 2.67 bits per heavy atom. The molecule has 0 bridgehead atoms. The molecule has 0 aliphatic carbocycles. The molecule has 0 saturated carbocycles. The molecule has 0 unspecified atom stereocenters. The second-order valence-corrected chi connectivity index (χ2v) is 4.86. The second-order valence-electron chi connectivity index (χ2n) is 4.86. The van der Waals surface area contributed by atoms with E-state index in [-0.39, 0.29) is 12.0 Å². The molecule has 0 aliphatic heterocycles. The van der Waals surface area contributed by atoms with Crippen molar-refractivity contribution in [3.63, 3.8) is 0 Å². The number of aryl methyl sites for hydroxylation is 1. The predicted molar refractivity (Wildman–Crippen MR) is 81.6 cm³/mol. The summed E-state index contributed by atoms with van der Waals surface area (Å²) in [5.74, 6) is 1.82. The Labute approximate surface area is 121 Å². The summed E-state index contributed by atoms with van der Waals surface area (Å²) in [6.45, 7) is 2.19. The van der Waals surface area contributed by atoms with E-state index < -0.39 is 0 Å². The van der Waals surface area contributed by atoms with Gasteiger partial charge in [0.25, 0.3) is 0 Å². The quantitative estimate of drug-likeness (QED) is 0.799. The molecule has 0 amide bonds. The Hall–Kier alpha value is -2.59. The van der Waals surface area contributed by atoms with E-state index in [4.69, 9.17) is 14.9 Å². The van der Waals surface area contributed by atoms with Gasteiger partial charge in [0.2, 0.25) is 0 Å². The Morgan fingerprint density at radius 1 is 1.10 bits per heavy atom. The van der Waals surface area contributed by atoms with Gasteiger partial charge in [-0.15, -0.1) is 0 Å². The van der Waals surface area contributed by atoms with Crippen LogP contribution < -0.4 is 15.9 Å². The number of fused-ring (bicyclic) bond motifs is 1. The summed E-state index contributed by atoms with van der Waals surface area (Å²) in [7, 11) is 0. The van der Waals surface area contributed by atoms with Crippen molar-refractivity contribution in [3.8, 4) is 11.5 Å². The van der Waals surface area contributed by atoms with Crippen molar-refractivity contribution in [2.75, 3.05) is 0 Å². The van der Waals surface area contributed by atoms with Gasteiger partial charge in [0.1, 0.15) is 22.8 Å². The van der Waals surface area contributed by atoms with Crippen molar-refractivity contribution in [2.45, 2.75) is 13.5 Å². The Bertz CT molecular complexity index is 852. The predicted octanol–water partition coefficient (Wildman–Crippen LogP) is 3.35. The zero-order valence-electron chi connectivity index (χ0n) is 11.6. The van der Waals surface area contributed by atoms with E-state index in [0.717, 1.165) is 11.3 Å². The highest BCUT2D eigenvalue weighted by Gasteiger charge is 2.06. The molecule has 0 spiro atoms. The maximum absolute atomic E-state index is 11.9. The van der Waals surface area contributed by atoms with Gasteiger partial charge in [-0.2, -0.15) is 0 Å². The first-order chi connectivity index (χ1) is 10.2. The fourth-order valence-corrected chi connectivity index (χ4v) is 2.16. The van der Waals surface area contributed by atoms with Crippen LogP contribution >= 0.6 is 0 Å². The molecule has 1 aromatic heterocycles. The zero-order valence-corrected chi connectivity index (χ0v) is 11.6. The van der Waals surface area contributed by atoms with Gasteiger partial charge in [0.05, 0.1) is 11.9 Å². The Balaban J connectivity index is 2.02. The first kappa shape index (κ1) is 13.4. The first-order valence-electron chi connectivity index (χ1n) is 6.67. The van der Waals surface area contributed by atoms with Crippen molar-refractivity contribution in [2.24, 2.45) is 5.73 Å². The average molecular weight is 281 g/mol. The molecule has 2 N–H and O–H groups in total. The molecule has 4 nitrogen and oxygen atoms in total. The average Bonchev–Trinajstić information content (AvgIpc) is 2.46. The maximum atomic E-state index is 11.9. The van der Waals surface area contributed by atoms with Crippen LogP contribution in [0.15, 0.2) is 57.7 Å². The van der Waals surface area contributed by atoms with Crippen LogP contribution in [0.4, 0.5) is 0 Å².